The third kappa shape index (κ3) is 3.35. The molecule has 10 atom stereocenters. The van der Waals surface area contributed by atoms with Gasteiger partial charge in [0, 0.05) is 18.8 Å². The van der Waals surface area contributed by atoms with Gasteiger partial charge in [-0.15, -0.1) is 0 Å². The Morgan fingerprint density at radius 1 is 0.861 bits per heavy atom. The Kier molecular flexibility index (Phi) is 6.21. The molecular weight excluding hydrogens is 444 g/mol. The standard InChI is InChI=1S/C33H52O3/c1-21(2)23-11-16-33(19-20-34)18-17-31(7)24(28(23)33)9-10-26-30(6)14-13-27(36-22(3)35)29(4,5)25(30)12-15-32(26,31)8/h20,23-28H,1,9-19H2,2-8H3/t23-,24+,25-,26+,27-,28+,30-,31+,32+,33+/m0/s1. The molecule has 0 unspecified atom stereocenters. The van der Waals surface area contributed by atoms with Crippen LogP contribution in [0.2, 0.25) is 0 Å². The number of rotatable bonds is 4. The summed E-state index contributed by atoms with van der Waals surface area (Å²) in [6.07, 6.45) is 14.3. The average molecular weight is 497 g/mol. The van der Waals surface area contributed by atoms with Crippen molar-refractivity contribution in [3.05, 3.63) is 12.2 Å². The Labute approximate surface area is 220 Å². The zero-order valence-electron chi connectivity index (χ0n) is 24.3. The molecule has 5 rings (SSSR count). The van der Waals surface area contributed by atoms with Crippen LogP contribution in [0.3, 0.4) is 0 Å². The van der Waals surface area contributed by atoms with Gasteiger partial charge in [0.25, 0.3) is 0 Å². The van der Waals surface area contributed by atoms with Crippen molar-refractivity contribution >= 4 is 12.3 Å². The van der Waals surface area contributed by atoms with Crippen molar-refractivity contribution in [1.29, 1.82) is 0 Å². The largest absolute Gasteiger partial charge is 0.462 e. The second kappa shape index (κ2) is 8.44. The second-order valence-electron chi connectivity index (χ2n) is 15.4. The van der Waals surface area contributed by atoms with Gasteiger partial charge in [0.15, 0.2) is 0 Å². The number of fused-ring (bicyclic) bond motifs is 7. The van der Waals surface area contributed by atoms with Crippen LogP contribution in [0.5, 0.6) is 0 Å². The van der Waals surface area contributed by atoms with Crippen molar-refractivity contribution in [3.8, 4) is 0 Å². The maximum atomic E-state index is 11.9. The number of ether oxygens (including phenoxy) is 1. The molecule has 202 valence electrons. The molecule has 0 aromatic carbocycles. The summed E-state index contributed by atoms with van der Waals surface area (Å²) < 4.78 is 5.91. The van der Waals surface area contributed by atoms with Crippen LogP contribution in [0.25, 0.3) is 0 Å². The van der Waals surface area contributed by atoms with Crippen molar-refractivity contribution in [2.45, 2.75) is 125 Å². The Morgan fingerprint density at radius 2 is 1.58 bits per heavy atom. The van der Waals surface area contributed by atoms with Gasteiger partial charge in [-0.05, 0) is 122 Å². The first-order valence-corrected chi connectivity index (χ1v) is 15.0. The van der Waals surface area contributed by atoms with Crippen LogP contribution in [0.1, 0.15) is 119 Å². The minimum absolute atomic E-state index is 0.0138. The van der Waals surface area contributed by atoms with E-state index in [1.54, 1.807) is 6.92 Å². The number of hydrogen-bond acceptors (Lipinski definition) is 3. The summed E-state index contributed by atoms with van der Waals surface area (Å²) in [6, 6.07) is 0. The third-order valence-electron chi connectivity index (χ3n) is 14.0. The van der Waals surface area contributed by atoms with Gasteiger partial charge in [-0.3, -0.25) is 4.79 Å². The van der Waals surface area contributed by atoms with Crippen molar-refractivity contribution in [2.24, 2.45) is 56.7 Å². The normalized spacial score (nSPS) is 51.2. The molecule has 5 fully saturated rings. The molecule has 0 heterocycles. The van der Waals surface area contributed by atoms with E-state index in [-0.39, 0.29) is 22.9 Å². The van der Waals surface area contributed by atoms with Gasteiger partial charge in [-0.1, -0.05) is 46.8 Å². The fourth-order valence-corrected chi connectivity index (χ4v) is 12.2. The molecule has 36 heavy (non-hydrogen) atoms. The predicted octanol–water partition coefficient (Wildman–Crippen LogP) is 8.16. The zero-order valence-corrected chi connectivity index (χ0v) is 24.3. The Morgan fingerprint density at radius 3 is 2.22 bits per heavy atom. The maximum absolute atomic E-state index is 11.9. The number of aldehydes is 1. The highest BCUT2D eigenvalue weighted by atomic mass is 16.5. The van der Waals surface area contributed by atoms with Gasteiger partial charge in [0.05, 0.1) is 0 Å². The van der Waals surface area contributed by atoms with E-state index in [2.05, 4.69) is 48.1 Å². The van der Waals surface area contributed by atoms with Gasteiger partial charge >= 0.3 is 5.97 Å². The van der Waals surface area contributed by atoms with E-state index < -0.39 is 0 Å². The van der Waals surface area contributed by atoms with Crippen molar-refractivity contribution in [2.75, 3.05) is 0 Å². The first-order chi connectivity index (χ1) is 16.8. The lowest BCUT2D eigenvalue weighted by Crippen LogP contribution is -2.66. The van der Waals surface area contributed by atoms with E-state index in [1.165, 1.54) is 69.6 Å². The van der Waals surface area contributed by atoms with Crippen LogP contribution in [0, 0.1) is 56.7 Å². The first kappa shape index (κ1) is 26.5. The lowest BCUT2D eigenvalue weighted by atomic mass is 9.32. The average Bonchev–Trinajstić information content (AvgIpc) is 3.16. The van der Waals surface area contributed by atoms with Crippen LogP contribution < -0.4 is 0 Å². The van der Waals surface area contributed by atoms with Crippen LogP contribution >= 0.6 is 0 Å². The predicted molar refractivity (Wildman–Crippen MR) is 145 cm³/mol. The highest BCUT2D eigenvalue weighted by molar-refractivity contribution is 5.66. The SMILES string of the molecule is C=C(C)[C@@H]1CC[C@]2(CC=O)CC[C@]3(C)[C@H](CC[C@@H]4[C@@]5(C)CC[C@H](OC(C)=O)C(C)(C)[C@@H]5CC[C@]43C)[C@@H]12. The number of esters is 1. The van der Waals surface area contributed by atoms with E-state index in [9.17, 15) is 9.59 Å². The summed E-state index contributed by atoms with van der Waals surface area (Å²) in [5.74, 6) is 3.08. The summed E-state index contributed by atoms with van der Waals surface area (Å²) in [7, 11) is 0. The molecule has 3 nitrogen and oxygen atoms in total. The Bertz CT molecular complexity index is 935. The molecule has 0 saturated heterocycles. The quantitative estimate of drug-likeness (QED) is 0.224. The molecule has 0 aliphatic heterocycles. The van der Waals surface area contributed by atoms with Crippen molar-refractivity contribution < 1.29 is 14.3 Å². The van der Waals surface area contributed by atoms with Crippen LogP contribution in [0.15, 0.2) is 12.2 Å². The molecule has 3 heteroatoms. The fourth-order valence-electron chi connectivity index (χ4n) is 12.2. The van der Waals surface area contributed by atoms with Gasteiger partial charge in [0.2, 0.25) is 0 Å². The number of hydrogen-bond donors (Lipinski definition) is 0. The minimum Gasteiger partial charge on any atom is -0.462 e. The van der Waals surface area contributed by atoms with Crippen molar-refractivity contribution in [1.82, 2.24) is 0 Å². The molecule has 5 saturated carbocycles. The minimum atomic E-state index is -0.130. The van der Waals surface area contributed by atoms with Crippen LogP contribution in [0.4, 0.5) is 0 Å². The zero-order chi connectivity index (χ0) is 26.3. The third-order valence-corrected chi connectivity index (χ3v) is 14.0. The number of carbonyl (C=O) groups is 2. The van der Waals surface area contributed by atoms with Gasteiger partial charge < -0.3 is 9.53 Å². The second-order valence-corrected chi connectivity index (χ2v) is 15.4. The molecule has 0 radical (unpaired) electrons. The lowest BCUT2D eigenvalue weighted by molar-refractivity contribution is -0.249. The molecule has 0 aromatic rings. The smallest absolute Gasteiger partial charge is 0.302 e. The molecule has 0 bridgehead atoms. The molecule has 5 aliphatic carbocycles. The maximum Gasteiger partial charge on any atom is 0.302 e. The molecule has 0 N–H and O–H groups in total. The number of allylic oxidation sites excluding steroid dienone is 1. The van der Waals surface area contributed by atoms with E-state index in [0.717, 1.165) is 12.8 Å². The highest BCUT2D eigenvalue weighted by Gasteiger charge is 2.70. The summed E-state index contributed by atoms with van der Waals surface area (Å²) in [5, 5.41) is 0. The summed E-state index contributed by atoms with van der Waals surface area (Å²) in [5.41, 5.74) is 2.51. The molecule has 0 amide bonds. The first-order valence-electron chi connectivity index (χ1n) is 15.0. The van der Waals surface area contributed by atoms with Gasteiger partial charge in [-0.25, -0.2) is 0 Å². The topological polar surface area (TPSA) is 43.4 Å². The molecule has 0 spiro atoms. The van der Waals surface area contributed by atoms with E-state index >= 15 is 0 Å². The summed E-state index contributed by atoms with van der Waals surface area (Å²) in [6.45, 7) is 21.0. The van der Waals surface area contributed by atoms with Crippen LogP contribution in [-0.2, 0) is 14.3 Å². The lowest BCUT2D eigenvalue weighted by Gasteiger charge is -2.73. The monoisotopic (exact) mass is 496 g/mol. The molecule has 0 aromatic heterocycles. The highest BCUT2D eigenvalue weighted by Crippen LogP contribution is 2.77. The fraction of sp³-hybridized carbons (Fsp3) is 0.879. The Balaban J connectivity index is 1.51. The summed E-state index contributed by atoms with van der Waals surface area (Å²) >= 11 is 0. The number of carbonyl (C=O) groups excluding carboxylic acids is 2. The van der Waals surface area contributed by atoms with Crippen LogP contribution in [-0.4, -0.2) is 18.4 Å². The Hall–Kier alpha value is -1.12. The van der Waals surface area contributed by atoms with Gasteiger partial charge in [0.1, 0.15) is 12.4 Å². The van der Waals surface area contributed by atoms with E-state index in [0.29, 0.717) is 45.8 Å². The summed E-state index contributed by atoms with van der Waals surface area (Å²) in [4.78, 5) is 23.8. The van der Waals surface area contributed by atoms with E-state index in [1.807, 2.05) is 0 Å². The molecule has 5 aliphatic rings. The van der Waals surface area contributed by atoms with Gasteiger partial charge in [-0.2, -0.15) is 0 Å². The van der Waals surface area contributed by atoms with Crippen molar-refractivity contribution in [3.63, 3.8) is 0 Å². The van der Waals surface area contributed by atoms with E-state index in [4.69, 9.17) is 4.74 Å². The molecular formula is C33H52O3.